The van der Waals surface area contributed by atoms with Crippen molar-refractivity contribution < 1.29 is 22.0 Å². The maximum Gasteiger partial charge on any atom is 0.475 e. The van der Waals surface area contributed by atoms with Crippen LogP contribution in [0, 0.1) is 5.41 Å². The normalized spacial score (nSPS) is 18.1. The molecule has 0 bridgehead atoms. The molecular weight excluding hydrogens is 245 g/mol. The van der Waals surface area contributed by atoms with Crippen LogP contribution in [0.5, 0.6) is 0 Å². The first-order valence-corrected chi connectivity index (χ1v) is 4.97. The minimum absolute atomic E-state index is 0.0334. The number of rotatable bonds is 2. The van der Waals surface area contributed by atoms with Gasteiger partial charge in [-0.05, 0) is 5.41 Å². The Kier molecular flexibility index (Phi) is 3.28. The minimum Gasteiger partial charge on any atom is -0.289 e. The predicted octanol–water partition coefficient (Wildman–Crippen LogP) is 2.75. The molecule has 0 saturated heterocycles. The summed E-state index contributed by atoms with van der Waals surface area (Å²) in [6.45, 7) is 4.56. The predicted molar refractivity (Wildman–Crippen MR) is 52.4 cm³/mol. The second kappa shape index (κ2) is 3.99. The Balaban J connectivity index is 2.89. The molecule has 1 heterocycles. The number of hydrazone groups is 1. The maximum atomic E-state index is 13.1. The maximum absolute atomic E-state index is 13.1. The molecule has 0 aromatic carbocycles. The third-order valence-corrected chi connectivity index (χ3v) is 2.12. The number of hydrogen-bond donors (Lipinski definition) is 1. The molecule has 1 aliphatic heterocycles. The molecular formula is C9H14F5N3. The van der Waals surface area contributed by atoms with Crippen molar-refractivity contribution in [2.75, 3.05) is 6.67 Å². The van der Waals surface area contributed by atoms with Crippen LogP contribution in [-0.2, 0) is 0 Å². The molecule has 0 atom stereocenters. The lowest BCUT2D eigenvalue weighted by Gasteiger charge is -2.32. The van der Waals surface area contributed by atoms with Crippen LogP contribution < -0.4 is 5.43 Å². The van der Waals surface area contributed by atoms with E-state index in [0.717, 1.165) is 0 Å². The summed E-state index contributed by atoms with van der Waals surface area (Å²) in [6.07, 6.45) is -5.58. The number of nitrogens with zero attached hydrogens (tertiary/aromatic N) is 2. The molecule has 0 unspecified atom stereocenters. The molecule has 3 nitrogen and oxygen atoms in total. The van der Waals surface area contributed by atoms with Gasteiger partial charge < -0.3 is 0 Å². The number of hydrogen-bond acceptors (Lipinski definition) is 3. The Morgan fingerprint density at radius 2 is 1.71 bits per heavy atom. The second-order valence-electron chi connectivity index (χ2n) is 5.05. The van der Waals surface area contributed by atoms with Gasteiger partial charge in [-0.25, -0.2) is 0 Å². The number of halogens is 5. The zero-order valence-corrected chi connectivity index (χ0v) is 9.70. The van der Waals surface area contributed by atoms with Gasteiger partial charge in [0.2, 0.25) is 0 Å². The second-order valence-corrected chi connectivity index (χ2v) is 5.05. The molecule has 0 spiro atoms. The quantitative estimate of drug-likeness (QED) is 0.610. The van der Waals surface area contributed by atoms with Crippen molar-refractivity contribution in [1.82, 2.24) is 10.3 Å². The fourth-order valence-electron chi connectivity index (χ4n) is 1.37. The van der Waals surface area contributed by atoms with E-state index in [4.69, 9.17) is 0 Å². The zero-order chi connectivity index (χ0) is 13.5. The van der Waals surface area contributed by atoms with E-state index in [2.05, 4.69) is 10.5 Å². The van der Waals surface area contributed by atoms with Crippen LogP contribution in [-0.4, -0.2) is 29.6 Å². The first-order valence-electron chi connectivity index (χ1n) is 4.97. The first kappa shape index (κ1) is 14.0. The highest BCUT2D eigenvalue weighted by Gasteiger charge is 2.63. The van der Waals surface area contributed by atoms with Crippen LogP contribution in [0.1, 0.15) is 27.2 Å². The SMILES string of the molecule is CC(C)(C)CC1=NNCN1C(F)(F)C(F)(F)F. The van der Waals surface area contributed by atoms with E-state index in [1.807, 2.05) is 0 Å². The van der Waals surface area contributed by atoms with Crippen LogP contribution in [0.4, 0.5) is 22.0 Å². The Bertz CT molecular complexity index is 316. The summed E-state index contributed by atoms with van der Waals surface area (Å²) < 4.78 is 62.9. The molecule has 0 amide bonds. The van der Waals surface area contributed by atoms with Gasteiger partial charge >= 0.3 is 12.2 Å². The topological polar surface area (TPSA) is 27.6 Å². The Labute approximate surface area is 95.7 Å². The fraction of sp³-hybridized carbons (Fsp3) is 0.889. The average Bonchev–Trinajstić information content (AvgIpc) is 2.46. The average molecular weight is 259 g/mol. The van der Waals surface area contributed by atoms with E-state index in [-0.39, 0.29) is 17.2 Å². The Morgan fingerprint density at radius 3 is 2.12 bits per heavy atom. The minimum atomic E-state index is -5.61. The summed E-state index contributed by atoms with van der Waals surface area (Å²) in [5.41, 5.74) is 1.73. The highest BCUT2D eigenvalue weighted by atomic mass is 19.4. The Morgan fingerprint density at radius 1 is 1.18 bits per heavy atom. The fourth-order valence-corrected chi connectivity index (χ4v) is 1.37. The van der Waals surface area contributed by atoms with Gasteiger partial charge in [-0.15, -0.1) is 0 Å². The summed E-state index contributed by atoms with van der Waals surface area (Å²) >= 11 is 0. The number of alkyl halides is 5. The smallest absolute Gasteiger partial charge is 0.289 e. The molecule has 100 valence electrons. The summed E-state index contributed by atoms with van der Waals surface area (Å²) in [6, 6.07) is -4.90. The van der Waals surface area contributed by atoms with Gasteiger partial charge in [-0.3, -0.25) is 10.3 Å². The van der Waals surface area contributed by atoms with E-state index in [0.29, 0.717) is 0 Å². The monoisotopic (exact) mass is 259 g/mol. The summed E-state index contributed by atoms with van der Waals surface area (Å²) in [5.74, 6) is -0.278. The van der Waals surface area contributed by atoms with Crippen molar-refractivity contribution in [2.45, 2.75) is 39.4 Å². The molecule has 1 rings (SSSR count). The van der Waals surface area contributed by atoms with E-state index in [1.165, 1.54) is 0 Å². The van der Waals surface area contributed by atoms with Crippen molar-refractivity contribution in [2.24, 2.45) is 10.5 Å². The molecule has 17 heavy (non-hydrogen) atoms. The van der Waals surface area contributed by atoms with Crippen LogP contribution in [0.2, 0.25) is 0 Å². The molecule has 1 aliphatic rings. The van der Waals surface area contributed by atoms with Crippen molar-refractivity contribution >= 4 is 5.84 Å². The van der Waals surface area contributed by atoms with Crippen molar-refractivity contribution in [3.05, 3.63) is 0 Å². The standard InChI is InChI=1S/C9H14F5N3/c1-7(2,3)4-6-16-15-5-17(6)9(13,14)8(10,11)12/h15H,4-5H2,1-3H3. The van der Waals surface area contributed by atoms with E-state index >= 15 is 0 Å². The van der Waals surface area contributed by atoms with E-state index in [9.17, 15) is 22.0 Å². The van der Waals surface area contributed by atoms with Crippen LogP contribution in [0.3, 0.4) is 0 Å². The Hall–Kier alpha value is -1.08. The van der Waals surface area contributed by atoms with Crippen LogP contribution in [0.15, 0.2) is 5.10 Å². The van der Waals surface area contributed by atoms with E-state index in [1.54, 1.807) is 20.8 Å². The van der Waals surface area contributed by atoms with Crippen molar-refractivity contribution in [3.63, 3.8) is 0 Å². The van der Waals surface area contributed by atoms with Gasteiger partial charge in [0.1, 0.15) is 12.5 Å². The molecule has 0 radical (unpaired) electrons. The molecule has 8 heteroatoms. The molecule has 0 fully saturated rings. The van der Waals surface area contributed by atoms with Crippen molar-refractivity contribution in [1.29, 1.82) is 0 Å². The van der Waals surface area contributed by atoms with Gasteiger partial charge in [0.15, 0.2) is 0 Å². The third kappa shape index (κ3) is 2.98. The van der Waals surface area contributed by atoms with Gasteiger partial charge in [-0.2, -0.15) is 27.1 Å². The molecule has 0 aromatic heterocycles. The summed E-state index contributed by atoms with van der Waals surface area (Å²) in [7, 11) is 0. The molecule has 0 aliphatic carbocycles. The highest BCUT2D eigenvalue weighted by Crippen LogP contribution is 2.40. The largest absolute Gasteiger partial charge is 0.475 e. The van der Waals surface area contributed by atoms with Gasteiger partial charge in [0.05, 0.1) is 0 Å². The van der Waals surface area contributed by atoms with Crippen LogP contribution >= 0.6 is 0 Å². The first-order chi connectivity index (χ1) is 7.45. The van der Waals surface area contributed by atoms with Crippen molar-refractivity contribution in [3.8, 4) is 0 Å². The lowest BCUT2D eigenvalue weighted by atomic mass is 9.91. The van der Waals surface area contributed by atoms with Crippen LogP contribution in [0.25, 0.3) is 0 Å². The summed E-state index contributed by atoms with van der Waals surface area (Å²) in [5, 5.41) is 3.49. The molecule has 0 saturated carbocycles. The number of nitrogens with one attached hydrogen (secondary N) is 1. The lowest BCUT2D eigenvalue weighted by molar-refractivity contribution is -0.326. The molecule has 0 aromatic rings. The zero-order valence-electron chi connectivity index (χ0n) is 9.70. The van der Waals surface area contributed by atoms with E-state index < -0.39 is 24.3 Å². The third-order valence-electron chi connectivity index (χ3n) is 2.12. The molecule has 1 N–H and O–H groups in total. The van der Waals surface area contributed by atoms with Gasteiger partial charge in [0.25, 0.3) is 0 Å². The van der Waals surface area contributed by atoms with Gasteiger partial charge in [0, 0.05) is 6.42 Å². The summed E-state index contributed by atoms with van der Waals surface area (Å²) in [4.78, 5) is -0.0434. The highest BCUT2D eigenvalue weighted by molar-refractivity contribution is 5.84. The van der Waals surface area contributed by atoms with Gasteiger partial charge in [-0.1, -0.05) is 20.8 Å². The lowest BCUT2D eigenvalue weighted by Crippen LogP contribution is -2.54. The number of amidine groups is 1.